The Balaban J connectivity index is 1.28. The number of fused-ring (bicyclic) bond motifs is 1. The van der Waals surface area contributed by atoms with E-state index in [1.54, 1.807) is 4.90 Å². The highest BCUT2D eigenvalue weighted by atomic mass is 16.5. The van der Waals surface area contributed by atoms with E-state index in [1.807, 2.05) is 85.6 Å². The Morgan fingerprint density at radius 1 is 0.969 bits per heavy atom. The van der Waals surface area contributed by atoms with Crippen LogP contribution < -0.4 is 4.74 Å². The second-order valence-corrected chi connectivity index (χ2v) is 8.51. The lowest BCUT2D eigenvalue weighted by Crippen LogP contribution is -2.44. The van der Waals surface area contributed by atoms with Crippen LogP contribution in [0.15, 0.2) is 66.7 Å². The lowest BCUT2D eigenvalue weighted by atomic mass is 9.94. The molecular formula is C27H30N2O3. The number of nitrogens with zero attached hydrogens (tertiary/aromatic N) is 2. The molecule has 0 aliphatic carbocycles. The van der Waals surface area contributed by atoms with Crippen LogP contribution in [-0.4, -0.2) is 54.9 Å². The predicted octanol–water partition coefficient (Wildman–Crippen LogP) is 4.54. The average Bonchev–Trinajstić information content (AvgIpc) is 2.84. The second kappa shape index (κ2) is 9.86. The molecule has 5 heteroatoms. The van der Waals surface area contributed by atoms with Gasteiger partial charge in [-0.1, -0.05) is 54.1 Å². The Morgan fingerprint density at radius 3 is 2.41 bits per heavy atom. The van der Waals surface area contributed by atoms with E-state index in [4.69, 9.17) is 4.74 Å². The van der Waals surface area contributed by atoms with Crippen molar-refractivity contribution in [2.75, 3.05) is 33.3 Å². The summed E-state index contributed by atoms with van der Waals surface area (Å²) in [6.07, 6.45) is 1.39. The first-order valence-corrected chi connectivity index (χ1v) is 11.2. The topological polar surface area (TPSA) is 49.9 Å². The van der Waals surface area contributed by atoms with Gasteiger partial charge in [0.1, 0.15) is 12.4 Å². The van der Waals surface area contributed by atoms with Crippen LogP contribution in [0.3, 0.4) is 0 Å². The molecule has 166 valence electrons. The molecular weight excluding hydrogens is 400 g/mol. The number of carbonyl (C=O) groups is 2. The number of hydrogen-bond donors (Lipinski definition) is 0. The Bertz CT molecular complexity index is 1080. The number of hydrogen-bond acceptors (Lipinski definition) is 3. The van der Waals surface area contributed by atoms with Crippen LogP contribution in [0.5, 0.6) is 5.75 Å². The van der Waals surface area contributed by atoms with Crippen LogP contribution in [0.25, 0.3) is 10.8 Å². The van der Waals surface area contributed by atoms with E-state index in [0.717, 1.165) is 22.1 Å². The van der Waals surface area contributed by atoms with Gasteiger partial charge in [-0.15, -0.1) is 0 Å². The molecule has 0 atom stereocenters. The fraction of sp³-hybridized carbons (Fsp3) is 0.333. The molecule has 0 saturated carbocycles. The highest BCUT2D eigenvalue weighted by Gasteiger charge is 2.29. The monoisotopic (exact) mass is 430 g/mol. The van der Waals surface area contributed by atoms with Crippen LogP contribution in [-0.2, 0) is 4.79 Å². The zero-order chi connectivity index (χ0) is 22.5. The van der Waals surface area contributed by atoms with E-state index in [2.05, 4.69) is 0 Å². The number of rotatable bonds is 6. The largest absolute Gasteiger partial charge is 0.492 e. The Kier molecular flexibility index (Phi) is 6.74. The summed E-state index contributed by atoms with van der Waals surface area (Å²) in [5.74, 6) is 0.954. The van der Waals surface area contributed by atoms with Gasteiger partial charge in [-0.2, -0.15) is 0 Å². The van der Waals surface area contributed by atoms with Gasteiger partial charge < -0.3 is 14.5 Å². The summed E-state index contributed by atoms with van der Waals surface area (Å²) in [6, 6.07) is 21.7. The van der Waals surface area contributed by atoms with Crippen LogP contribution in [0, 0.1) is 12.8 Å². The number of amides is 2. The van der Waals surface area contributed by atoms with E-state index < -0.39 is 0 Å². The summed E-state index contributed by atoms with van der Waals surface area (Å²) in [5.41, 5.74) is 1.92. The van der Waals surface area contributed by atoms with Crippen molar-refractivity contribution in [3.05, 3.63) is 77.9 Å². The first-order chi connectivity index (χ1) is 15.5. The van der Waals surface area contributed by atoms with Gasteiger partial charge in [0.2, 0.25) is 5.91 Å². The molecule has 4 rings (SSSR count). The predicted molar refractivity (Wildman–Crippen MR) is 127 cm³/mol. The summed E-state index contributed by atoms with van der Waals surface area (Å²) < 4.78 is 5.76. The molecule has 0 N–H and O–H groups in total. The normalized spacial score (nSPS) is 14.4. The van der Waals surface area contributed by atoms with Gasteiger partial charge in [0.25, 0.3) is 5.91 Å². The Morgan fingerprint density at radius 2 is 1.66 bits per heavy atom. The van der Waals surface area contributed by atoms with Gasteiger partial charge >= 0.3 is 0 Å². The molecule has 5 nitrogen and oxygen atoms in total. The number of piperidine rings is 1. The Labute approximate surface area is 189 Å². The number of benzene rings is 3. The van der Waals surface area contributed by atoms with Crippen molar-refractivity contribution in [2.24, 2.45) is 5.92 Å². The van der Waals surface area contributed by atoms with E-state index in [9.17, 15) is 9.59 Å². The van der Waals surface area contributed by atoms with E-state index in [1.165, 1.54) is 5.56 Å². The molecule has 3 aromatic rings. The lowest BCUT2D eigenvalue weighted by molar-refractivity contribution is -0.135. The van der Waals surface area contributed by atoms with Gasteiger partial charge in [0.05, 0.1) is 6.54 Å². The minimum absolute atomic E-state index is 0.0454. The van der Waals surface area contributed by atoms with E-state index in [-0.39, 0.29) is 17.7 Å². The van der Waals surface area contributed by atoms with Gasteiger partial charge in [-0.3, -0.25) is 9.59 Å². The molecule has 0 bridgehead atoms. The molecule has 3 aromatic carbocycles. The number of aryl methyl sites for hydroxylation is 1. The zero-order valence-corrected chi connectivity index (χ0v) is 18.8. The van der Waals surface area contributed by atoms with Crippen molar-refractivity contribution in [1.29, 1.82) is 0 Å². The molecule has 1 aliphatic heterocycles. The van der Waals surface area contributed by atoms with Crippen molar-refractivity contribution >= 4 is 22.6 Å². The first-order valence-electron chi connectivity index (χ1n) is 11.2. The van der Waals surface area contributed by atoms with Gasteiger partial charge in [-0.25, -0.2) is 0 Å². The second-order valence-electron chi connectivity index (χ2n) is 8.51. The third kappa shape index (κ3) is 4.93. The summed E-state index contributed by atoms with van der Waals surface area (Å²) in [5, 5.41) is 2.05. The van der Waals surface area contributed by atoms with E-state index >= 15 is 0 Å². The summed E-state index contributed by atoms with van der Waals surface area (Å²) >= 11 is 0. The first kappa shape index (κ1) is 21.9. The van der Waals surface area contributed by atoms with E-state index in [0.29, 0.717) is 39.1 Å². The molecule has 1 saturated heterocycles. The minimum Gasteiger partial charge on any atom is -0.492 e. The Hall–Kier alpha value is -3.34. The van der Waals surface area contributed by atoms with Crippen LogP contribution in [0.1, 0.15) is 28.8 Å². The number of likely N-dealkylation sites (tertiary alicyclic amines) is 1. The maximum absolute atomic E-state index is 13.1. The molecule has 0 spiro atoms. The molecule has 1 heterocycles. The standard InChI is InChI=1S/C27H30N2O3/c1-20-10-12-23(13-11-20)32-19-18-28(2)26(30)22-14-16-29(17-15-22)27(31)25-9-5-7-21-6-3-4-8-24(21)25/h3-13,22H,14-19H2,1-2H3. The van der Waals surface area contributed by atoms with Crippen molar-refractivity contribution in [3.8, 4) is 5.75 Å². The van der Waals surface area contributed by atoms with Crippen LogP contribution >= 0.6 is 0 Å². The SMILES string of the molecule is Cc1ccc(OCCN(C)C(=O)C2CCN(C(=O)c3cccc4ccccc34)CC2)cc1. The van der Waals surface area contributed by atoms with Crippen LogP contribution in [0.2, 0.25) is 0 Å². The summed E-state index contributed by atoms with van der Waals surface area (Å²) in [6.45, 7) is 4.25. The minimum atomic E-state index is -0.0454. The van der Waals surface area contributed by atoms with Gasteiger partial charge in [0, 0.05) is 31.6 Å². The molecule has 1 fully saturated rings. The molecule has 0 unspecified atom stereocenters. The molecule has 1 aliphatic rings. The zero-order valence-electron chi connectivity index (χ0n) is 18.8. The number of carbonyl (C=O) groups excluding carboxylic acids is 2. The summed E-state index contributed by atoms with van der Waals surface area (Å²) in [7, 11) is 1.83. The van der Waals surface area contributed by atoms with Gasteiger partial charge in [0.15, 0.2) is 0 Å². The smallest absolute Gasteiger partial charge is 0.254 e. The van der Waals surface area contributed by atoms with Crippen molar-refractivity contribution in [1.82, 2.24) is 9.80 Å². The summed E-state index contributed by atoms with van der Waals surface area (Å²) in [4.78, 5) is 29.6. The maximum Gasteiger partial charge on any atom is 0.254 e. The molecule has 32 heavy (non-hydrogen) atoms. The lowest BCUT2D eigenvalue weighted by Gasteiger charge is -2.33. The van der Waals surface area contributed by atoms with Gasteiger partial charge in [-0.05, 0) is 48.7 Å². The third-order valence-corrected chi connectivity index (χ3v) is 6.24. The number of ether oxygens (including phenoxy) is 1. The fourth-order valence-corrected chi connectivity index (χ4v) is 4.27. The van der Waals surface area contributed by atoms with Crippen molar-refractivity contribution in [3.63, 3.8) is 0 Å². The molecule has 2 amide bonds. The third-order valence-electron chi connectivity index (χ3n) is 6.24. The number of likely N-dealkylation sites (N-methyl/N-ethyl adjacent to an activating group) is 1. The molecule has 0 aromatic heterocycles. The quantitative estimate of drug-likeness (QED) is 0.577. The average molecular weight is 431 g/mol. The highest BCUT2D eigenvalue weighted by molar-refractivity contribution is 6.07. The highest BCUT2D eigenvalue weighted by Crippen LogP contribution is 2.24. The van der Waals surface area contributed by atoms with Crippen LogP contribution in [0.4, 0.5) is 0 Å². The van der Waals surface area contributed by atoms with Crippen molar-refractivity contribution in [2.45, 2.75) is 19.8 Å². The van der Waals surface area contributed by atoms with Crippen molar-refractivity contribution < 1.29 is 14.3 Å². The fourth-order valence-electron chi connectivity index (χ4n) is 4.27. The maximum atomic E-state index is 13.1. The molecule has 0 radical (unpaired) electrons.